The first kappa shape index (κ1) is 13.4. The Bertz CT molecular complexity index is 669. The molecule has 0 radical (unpaired) electrons. The fourth-order valence-electron chi connectivity index (χ4n) is 2.51. The molecule has 1 aromatic carbocycles. The van der Waals surface area contributed by atoms with Crippen LogP contribution in [0.4, 0.5) is 0 Å². The average Bonchev–Trinajstić information content (AvgIpc) is 3.21. The molecule has 21 heavy (non-hydrogen) atoms. The Morgan fingerprint density at radius 2 is 1.76 bits per heavy atom. The van der Waals surface area contributed by atoms with Crippen molar-refractivity contribution < 1.29 is 9.21 Å². The molecule has 3 aromatic rings. The highest BCUT2D eigenvalue weighted by Gasteiger charge is 2.18. The standard InChI is InChI=1S/C18H17NO2/c20-17(18-9-6-12-21-18)14-16(19-10-4-5-11-19)13-15-7-2-1-3-8-15/h1-12,16H,13-14H2/t16-/m0/s1. The molecule has 0 fully saturated rings. The maximum Gasteiger partial charge on any atom is 0.200 e. The van der Waals surface area contributed by atoms with Gasteiger partial charge in [0.2, 0.25) is 0 Å². The number of benzene rings is 1. The first-order valence-corrected chi connectivity index (χ1v) is 7.06. The molecule has 3 rings (SSSR count). The van der Waals surface area contributed by atoms with Crippen LogP contribution in [0.15, 0.2) is 77.7 Å². The van der Waals surface area contributed by atoms with Crippen molar-refractivity contribution in [1.29, 1.82) is 0 Å². The molecule has 2 aromatic heterocycles. The summed E-state index contributed by atoms with van der Waals surface area (Å²) in [6.45, 7) is 0. The largest absolute Gasteiger partial charge is 0.461 e. The van der Waals surface area contributed by atoms with Gasteiger partial charge in [-0.3, -0.25) is 4.79 Å². The van der Waals surface area contributed by atoms with Gasteiger partial charge >= 0.3 is 0 Å². The van der Waals surface area contributed by atoms with Crippen molar-refractivity contribution in [3.05, 3.63) is 84.6 Å². The van der Waals surface area contributed by atoms with Crippen LogP contribution >= 0.6 is 0 Å². The Kier molecular flexibility index (Phi) is 4.01. The predicted molar refractivity (Wildman–Crippen MR) is 81.3 cm³/mol. The molecule has 3 nitrogen and oxygen atoms in total. The van der Waals surface area contributed by atoms with E-state index < -0.39 is 0 Å². The van der Waals surface area contributed by atoms with Gasteiger partial charge in [0.15, 0.2) is 11.5 Å². The summed E-state index contributed by atoms with van der Waals surface area (Å²) in [5.74, 6) is 0.467. The Labute approximate surface area is 123 Å². The molecule has 1 atom stereocenters. The van der Waals surface area contributed by atoms with E-state index in [9.17, 15) is 4.79 Å². The SMILES string of the molecule is O=C(C[C@H](Cc1ccccc1)n1cccc1)c1ccco1. The van der Waals surface area contributed by atoms with Crippen LogP contribution in [0.2, 0.25) is 0 Å². The molecule has 0 spiro atoms. The molecule has 2 heterocycles. The summed E-state index contributed by atoms with van der Waals surface area (Å²) in [6.07, 6.45) is 6.79. The zero-order valence-electron chi connectivity index (χ0n) is 11.7. The van der Waals surface area contributed by atoms with Crippen LogP contribution in [0.25, 0.3) is 0 Å². The molecule has 0 aliphatic carbocycles. The van der Waals surface area contributed by atoms with Crippen molar-refractivity contribution in [3.63, 3.8) is 0 Å². The minimum Gasteiger partial charge on any atom is -0.461 e. The second-order valence-electron chi connectivity index (χ2n) is 5.08. The summed E-state index contributed by atoms with van der Waals surface area (Å²) in [7, 11) is 0. The molecular weight excluding hydrogens is 262 g/mol. The highest BCUT2D eigenvalue weighted by atomic mass is 16.3. The molecule has 0 saturated carbocycles. The zero-order chi connectivity index (χ0) is 14.5. The number of hydrogen-bond donors (Lipinski definition) is 0. The lowest BCUT2D eigenvalue weighted by molar-refractivity contribution is 0.0935. The summed E-state index contributed by atoms with van der Waals surface area (Å²) in [4.78, 5) is 12.3. The normalized spacial score (nSPS) is 12.2. The third kappa shape index (κ3) is 3.31. The lowest BCUT2D eigenvalue weighted by Gasteiger charge is -2.18. The number of rotatable bonds is 6. The van der Waals surface area contributed by atoms with E-state index in [1.807, 2.05) is 42.7 Å². The fourth-order valence-corrected chi connectivity index (χ4v) is 2.51. The van der Waals surface area contributed by atoms with Crippen LogP contribution in [0, 0.1) is 0 Å². The molecular formula is C18H17NO2. The summed E-state index contributed by atoms with van der Waals surface area (Å²) in [5, 5.41) is 0. The van der Waals surface area contributed by atoms with Gasteiger partial charge in [0, 0.05) is 24.9 Å². The summed E-state index contributed by atoms with van der Waals surface area (Å²) >= 11 is 0. The number of nitrogens with zero attached hydrogens (tertiary/aromatic N) is 1. The van der Waals surface area contributed by atoms with Gasteiger partial charge in [-0.25, -0.2) is 0 Å². The molecule has 0 saturated heterocycles. The summed E-state index contributed by atoms with van der Waals surface area (Å²) in [5.41, 5.74) is 1.23. The minimum atomic E-state index is 0.0367. The second kappa shape index (κ2) is 6.27. The third-order valence-electron chi connectivity index (χ3n) is 3.58. The third-order valence-corrected chi connectivity index (χ3v) is 3.58. The Balaban J connectivity index is 1.78. The molecule has 0 aliphatic rings. The van der Waals surface area contributed by atoms with Crippen molar-refractivity contribution in [2.24, 2.45) is 0 Å². The van der Waals surface area contributed by atoms with E-state index in [1.54, 1.807) is 12.1 Å². The van der Waals surface area contributed by atoms with E-state index in [0.29, 0.717) is 12.2 Å². The van der Waals surface area contributed by atoms with Gasteiger partial charge in [0.1, 0.15) is 0 Å². The van der Waals surface area contributed by atoms with E-state index in [0.717, 1.165) is 6.42 Å². The molecule has 106 valence electrons. The first-order valence-electron chi connectivity index (χ1n) is 7.06. The van der Waals surface area contributed by atoms with Crippen molar-refractivity contribution in [1.82, 2.24) is 4.57 Å². The molecule has 0 N–H and O–H groups in total. The van der Waals surface area contributed by atoms with Crippen LogP contribution in [-0.2, 0) is 6.42 Å². The lowest BCUT2D eigenvalue weighted by Crippen LogP contribution is -2.15. The van der Waals surface area contributed by atoms with Gasteiger partial charge in [-0.1, -0.05) is 30.3 Å². The van der Waals surface area contributed by atoms with E-state index in [-0.39, 0.29) is 11.8 Å². The van der Waals surface area contributed by atoms with Gasteiger partial charge in [0.25, 0.3) is 0 Å². The minimum absolute atomic E-state index is 0.0367. The van der Waals surface area contributed by atoms with Gasteiger partial charge in [-0.2, -0.15) is 0 Å². The van der Waals surface area contributed by atoms with Crippen LogP contribution < -0.4 is 0 Å². The predicted octanol–water partition coefficient (Wildman–Crippen LogP) is 4.14. The number of hydrogen-bond acceptors (Lipinski definition) is 2. The number of carbonyl (C=O) groups excluding carboxylic acids is 1. The van der Waals surface area contributed by atoms with Gasteiger partial charge < -0.3 is 8.98 Å². The van der Waals surface area contributed by atoms with E-state index in [1.165, 1.54) is 11.8 Å². The fraction of sp³-hybridized carbons (Fsp3) is 0.167. The van der Waals surface area contributed by atoms with Crippen LogP contribution in [0.1, 0.15) is 28.6 Å². The Morgan fingerprint density at radius 1 is 1.00 bits per heavy atom. The van der Waals surface area contributed by atoms with E-state index in [2.05, 4.69) is 16.7 Å². The second-order valence-corrected chi connectivity index (χ2v) is 5.08. The maximum absolute atomic E-state index is 12.3. The first-order chi connectivity index (χ1) is 10.3. The van der Waals surface area contributed by atoms with Crippen molar-refractivity contribution in [3.8, 4) is 0 Å². The van der Waals surface area contributed by atoms with Crippen LogP contribution in [-0.4, -0.2) is 10.4 Å². The van der Waals surface area contributed by atoms with Crippen molar-refractivity contribution in [2.75, 3.05) is 0 Å². The Hall–Kier alpha value is -2.55. The highest BCUT2D eigenvalue weighted by Crippen LogP contribution is 2.21. The molecule has 0 bridgehead atoms. The smallest absolute Gasteiger partial charge is 0.200 e. The van der Waals surface area contributed by atoms with Gasteiger partial charge in [-0.15, -0.1) is 0 Å². The van der Waals surface area contributed by atoms with E-state index >= 15 is 0 Å². The van der Waals surface area contributed by atoms with Crippen LogP contribution in [0.3, 0.4) is 0 Å². The van der Waals surface area contributed by atoms with Crippen molar-refractivity contribution >= 4 is 5.78 Å². The monoisotopic (exact) mass is 279 g/mol. The number of ketones is 1. The van der Waals surface area contributed by atoms with Crippen LogP contribution in [0.5, 0.6) is 0 Å². The topological polar surface area (TPSA) is 35.1 Å². The van der Waals surface area contributed by atoms with Crippen molar-refractivity contribution in [2.45, 2.75) is 18.9 Å². The zero-order valence-corrected chi connectivity index (χ0v) is 11.7. The maximum atomic E-state index is 12.3. The van der Waals surface area contributed by atoms with Gasteiger partial charge in [0.05, 0.1) is 6.26 Å². The molecule has 0 aliphatic heterocycles. The van der Waals surface area contributed by atoms with Gasteiger partial charge in [-0.05, 0) is 36.2 Å². The molecule has 0 unspecified atom stereocenters. The summed E-state index contributed by atoms with van der Waals surface area (Å²) < 4.78 is 7.30. The number of Topliss-reactive ketones (excluding diaryl/α,β-unsaturated/α-hetero) is 1. The summed E-state index contributed by atoms with van der Waals surface area (Å²) in [6, 6.07) is 17.8. The van der Waals surface area contributed by atoms with E-state index in [4.69, 9.17) is 4.42 Å². The quantitative estimate of drug-likeness (QED) is 0.636. The molecule has 3 heteroatoms. The molecule has 0 amide bonds. The number of carbonyl (C=O) groups is 1. The number of aromatic nitrogens is 1. The average molecular weight is 279 g/mol. The lowest BCUT2D eigenvalue weighted by atomic mass is 10.0. The number of furan rings is 1. The highest BCUT2D eigenvalue weighted by molar-refractivity contribution is 5.93. The Morgan fingerprint density at radius 3 is 2.43 bits per heavy atom.